The van der Waals surface area contributed by atoms with Gasteiger partial charge in [0.05, 0.1) is 18.4 Å². The summed E-state index contributed by atoms with van der Waals surface area (Å²) in [5.74, 6) is -2.21. The van der Waals surface area contributed by atoms with Crippen LogP contribution in [0.5, 0.6) is 0 Å². The third kappa shape index (κ3) is 3.74. The lowest BCUT2D eigenvalue weighted by Crippen LogP contribution is -2.45. The molecule has 2 aliphatic rings. The molecule has 1 saturated carbocycles. The van der Waals surface area contributed by atoms with Crippen molar-refractivity contribution in [1.82, 2.24) is 9.80 Å². The molecule has 118 valence electrons. The maximum atomic E-state index is 12.5. The largest absolute Gasteiger partial charge is 0.481 e. The van der Waals surface area contributed by atoms with Gasteiger partial charge in [-0.15, -0.1) is 0 Å². The van der Waals surface area contributed by atoms with Crippen molar-refractivity contribution < 1.29 is 19.5 Å². The Morgan fingerprint density at radius 2 is 1.62 bits per heavy atom. The van der Waals surface area contributed by atoms with E-state index in [1.807, 2.05) is 0 Å². The van der Waals surface area contributed by atoms with Gasteiger partial charge in [0.1, 0.15) is 0 Å². The van der Waals surface area contributed by atoms with Gasteiger partial charge in [0.2, 0.25) is 11.8 Å². The number of aliphatic carboxylic acids is 1. The SMILES string of the molecule is CN(CC(=O)N1CCCC1)C(=O)[C@@H]1CCCC[C@@H]1C(=O)O. The number of carboxylic acid groups (broad SMARTS) is 1. The molecule has 0 bridgehead atoms. The van der Waals surface area contributed by atoms with Crippen LogP contribution in [0.2, 0.25) is 0 Å². The van der Waals surface area contributed by atoms with Crippen LogP contribution in [-0.4, -0.2) is 59.4 Å². The Morgan fingerprint density at radius 3 is 2.19 bits per heavy atom. The smallest absolute Gasteiger partial charge is 0.307 e. The summed E-state index contributed by atoms with van der Waals surface area (Å²) in [5.41, 5.74) is 0. The van der Waals surface area contributed by atoms with Crippen LogP contribution >= 0.6 is 0 Å². The second-order valence-corrected chi connectivity index (χ2v) is 6.12. The van der Waals surface area contributed by atoms with Crippen LogP contribution in [0.1, 0.15) is 38.5 Å². The first kappa shape index (κ1) is 15.8. The van der Waals surface area contributed by atoms with E-state index in [2.05, 4.69) is 0 Å². The molecule has 1 aliphatic carbocycles. The predicted octanol–water partition coefficient (Wildman–Crippen LogP) is 0.958. The van der Waals surface area contributed by atoms with Gasteiger partial charge >= 0.3 is 5.97 Å². The summed E-state index contributed by atoms with van der Waals surface area (Å²) in [4.78, 5) is 39.0. The lowest BCUT2D eigenvalue weighted by atomic mass is 9.78. The summed E-state index contributed by atoms with van der Waals surface area (Å²) >= 11 is 0. The normalized spacial score (nSPS) is 25.7. The molecule has 1 heterocycles. The quantitative estimate of drug-likeness (QED) is 0.838. The molecule has 6 heteroatoms. The Kier molecular flexibility index (Phi) is 5.20. The fraction of sp³-hybridized carbons (Fsp3) is 0.800. The number of likely N-dealkylation sites (N-methyl/N-ethyl adjacent to an activating group) is 1. The highest BCUT2D eigenvalue weighted by atomic mass is 16.4. The van der Waals surface area contributed by atoms with Gasteiger partial charge in [-0.2, -0.15) is 0 Å². The Balaban J connectivity index is 1.93. The number of hydrogen-bond donors (Lipinski definition) is 1. The highest BCUT2D eigenvalue weighted by Crippen LogP contribution is 2.31. The molecule has 0 unspecified atom stereocenters. The van der Waals surface area contributed by atoms with Gasteiger partial charge < -0.3 is 14.9 Å². The molecule has 0 aromatic carbocycles. The van der Waals surface area contributed by atoms with E-state index >= 15 is 0 Å². The van der Waals surface area contributed by atoms with Crippen LogP contribution in [0, 0.1) is 11.8 Å². The van der Waals surface area contributed by atoms with Crippen LogP contribution in [-0.2, 0) is 14.4 Å². The highest BCUT2D eigenvalue weighted by Gasteiger charge is 2.37. The van der Waals surface area contributed by atoms with Crippen LogP contribution in [0.4, 0.5) is 0 Å². The van der Waals surface area contributed by atoms with Crippen molar-refractivity contribution in [2.45, 2.75) is 38.5 Å². The van der Waals surface area contributed by atoms with E-state index in [9.17, 15) is 19.5 Å². The Bertz CT molecular complexity index is 418. The molecule has 1 N–H and O–H groups in total. The topological polar surface area (TPSA) is 77.9 Å². The summed E-state index contributed by atoms with van der Waals surface area (Å²) in [6.45, 7) is 1.59. The fourth-order valence-corrected chi connectivity index (χ4v) is 3.35. The van der Waals surface area contributed by atoms with Crippen molar-refractivity contribution in [2.24, 2.45) is 11.8 Å². The summed E-state index contributed by atoms with van der Waals surface area (Å²) in [7, 11) is 1.60. The number of hydrogen-bond acceptors (Lipinski definition) is 3. The van der Waals surface area contributed by atoms with Gasteiger partial charge in [-0.25, -0.2) is 0 Å². The van der Waals surface area contributed by atoms with E-state index in [1.54, 1.807) is 11.9 Å². The Labute approximate surface area is 125 Å². The predicted molar refractivity (Wildman–Crippen MR) is 76.5 cm³/mol. The molecule has 21 heavy (non-hydrogen) atoms. The number of likely N-dealkylation sites (tertiary alicyclic amines) is 1. The maximum absolute atomic E-state index is 12.5. The van der Waals surface area contributed by atoms with Crippen molar-refractivity contribution >= 4 is 17.8 Å². The van der Waals surface area contributed by atoms with Gasteiger partial charge in [0, 0.05) is 20.1 Å². The lowest BCUT2D eigenvalue weighted by molar-refractivity contribution is -0.152. The fourth-order valence-electron chi connectivity index (χ4n) is 3.35. The molecule has 2 atom stereocenters. The Morgan fingerprint density at radius 1 is 1.05 bits per heavy atom. The van der Waals surface area contributed by atoms with Gasteiger partial charge in [-0.05, 0) is 25.7 Å². The van der Waals surface area contributed by atoms with Crippen LogP contribution in [0.15, 0.2) is 0 Å². The molecule has 1 saturated heterocycles. The number of amides is 2. The molecule has 0 spiro atoms. The molecule has 0 aromatic heterocycles. The summed E-state index contributed by atoms with van der Waals surface area (Å²) < 4.78 is 0. The second-order valence-electron chi connectivity index (χ2n) is 6.12. The number of nitrogens with zero attached hydrogens (tertiary/aromatic N) is 2. The third-order valence-electron chi connectivity index (χ3n) is 4.61. The van der Waals surface area contributed by atoms with E-state index in [0.717, 1.165) is 38.8 Å². The van der Waals surface area contributed by atoms with E-state index in [-0.39, 0.29) is 18.4 Å². The number of rotatable bonds is 4. The zero-order valence-electron chi connectivity index (χ0n) is 12.6. The minimum atomic E-state index is -0.896. The summed E-state index contributed by atoms with van der Waals surface area (Å²) in [6.07, 6.45) is 4.95. The summed E-state index contributed by atoms with van der Waals surface area (Å²) in [6, 6.07) is 0. The van der Waals surface area contributed by atoms with E-state index in [4.69, 9.17) is 0 Å². The van der Waals surface area contributed by atoms with E-state index in [0.29, 0.717) is 12.8 Å². The van der Waals surface area contributed by atoms with Crippen molar-refractivity contribution in [2.75, 3.05) is 26.7 Å². The standard InChI is InChI=1S/C15H24N2O4/c1-16(10-13(18)17-8-4-5-9-17)14(19)11-6-2-3-7-12(11)15(20)21/h11-12H,2-10H2,1H3,(H,20,21)/t11-,12+/m1/s1. The third-order valence-corrected chi connectivity index (χ3v) is 4.61. The van der Waals surface area contributed by atoms with Gasteiger partial charge in [0.15, 0.2) is 0 Å². The molecule has 2 rings (SSSR count). The molecule has 2 amide bonds. The minimum absolute atomic E-state index is 0.0361. The van der Waals surface area contributed by atoms with Crippen molar-refractivity contribution in [3.63, 3.8) is 0 Å². The average Bonchev–Trinajstić information content (AvgIpc) is 3.00. The summed E-state index contributed by atoms with van der Waals surface area (Å²) in [5, 5.41) is 9.25. The van der Waals surface area contributed by atoms with Gasteiger partial charge in [0.25, 0.3) is 0 Å². The number of carbonyl (C=O) groups is 3. The van der Waals surface area contributed by atoms with Crippen molar-refractivity contribution in [3.8, 4) is 0 Å². The first-order chi connectivity index (χ1) is 10.0. The lowest BCUT2D eigenvalue weighted by Gasteiger charge is -2.31. The number of carboxylic acids is 1. The molecule has 1 aliphatic heterocycles. The maximum Gasteiger partial charge on any atom is 0.307 e. The average molecular weight is 296 g/mol. The molecule has 6 nitrogen and oxygen atoms in total. The van der Waals surface area contributed by atoms with Crippen LogP contribution in [0.3, 0.4) is 0 Å². The van der Waals surface area contributed by atoms with Crippen LogP contribution in [0.25, 0.3) is 0 Å². The molecule has 0 radical (unpaired) electrons. The molecular weight excluding hydrogens is 272 g/mol. The second kappa shape index (κ2) is 6.91. The van der Waals surface area contributed by atoms with E-state index in [1.165, 1.54) is 4.90 Å². The van der Waals surface area contributed by atoms with Gasteiger partial charge in [-0.3, -0.25) is 14.4 Å². The Hall–Kier alpha value is -1.59. The van der Waals surface area contributed by atoms with Crippen molar-refractivity contribution in [3.05, 3.63) is 0 Å². The first-order valence-corrected chi connectivity index (χ1v) is 7.76. The first-order valence-electron chi connectivity index (χ1n) is 7.76. The van der Waals surface area contributed by atoms with Gasteiger partial charge in [-0.1, -0.05) is 12.8 Å². The molecular formula is C15H24N2O4. The zero-order valence-corrected chi connectivity index (χ0v) is 12.6. The van der Waals surface area contributed by atoms with Crippen LogP contribution < -0.4 is 0 Å². The molecule has 0 aromatic rings. The minimum Gasteiger partial charge on any atom is -0.481 e. The molecule has 2 fully saturated rings. The zero-order chi connectivity index (χ0) is 15.4. The number of carbonyl (C=O) groups excluding carboxylic acids is 2. The highest BCUT2D eigenvalue weighted by molar-refractivity contribution is 5.88. The van der Waals surface area contributed by atoms with Crippen molar-refractivity contribution in [1.29, 1.82) is 0 Å². The monoisotopic (exact) mass is 296 g/mol. The van der Waals surface area contributed by atoms with E-state index < -0.39 is 17.8 Å².